The van der Waals surface area contributed by atoms with Crippen LogP contribution in [0, 0.1) is 17.3 Å². The number of aliphatic hydroxyl groups excluding tert-OH is 1. The average molecular weight is 312 g/mol. The predicted octanol–water partition coefficient (Wildman–Crippen LogP) is 4.47. The van der Waals surface area contributed by atoms with Crippen molar-refractivity contribution in [3.63, 3.8) is 0 Å². The van der Waals surface area contributed by atoms with Gasteiger partial charge in [0.2, 0.25) is 0 Å². The summed E-state index contributed by atoms with van der Waals surface area (Å²) in [5, 5.41) is 10.2. The zero-order chi connectivity index (χ0) is 16.0. The van der Waals surface area contributed by atoms with Gasteiger partial charge in [0.25, 0.3) is 0 Å². The molecule has 2 heteroatoms. The van der Waals surface area contributed by atoms with E-state index < -0.39 is 0 Å². The Morgan fingerprint density at radius 1 is 1.39 bits per heavy atom. The minimum absolute atomic E-state index is 0.0696. The topological polar surface area (TPSA) is 29.5 Å². The van der Waals surface area contributed by atoms with Crippen molar-refractivity contribution < 1.29 is 9.84 Å². The van der Waals surface area contributed by atoms with Gasteiger partial charge in [-0.1, -0.05) is 25.6 Å². The Morgan fingerprint density at radius 2 is 2.26 bits per heavy atom. The van der Waals surface area contributed by atoms with Crippen molar-refractivity contribution in [2.45, 2.75) is 57.5 Å². The van der Waals surface area contributed by atoms with E-state index in [1.54, 1.807) is 11.6 Å². The van der Waals surface area contributed by atoms with Gasteiger partial charge in [0.15, 0.2) is 0 Å². The molecule has 0 bridgehead atoms. The van der Waals surface area contributed by atoms with Crippen molar-refractivity contribution in [1.29, 1.82) is 0 Å². The van der Waals surface area contributed by atoms with Crippen LogP contribution >= 0.6 is 0 Å². The van der Waals surface area contributed by atoms with Gasteiger partial charge in [-0.3, -0.25) is 0 Å². The summed E-state index contributed by atoms with van der Waals surface area (Å²) in [5.41, 5.74) is 3.41. The van der Waals surface area contributed by atoms with E-state index >= 15 is 0 Å². The van der Waals surface area contributed by atoms with Crippen LogP contribution in [0.4, 0.5) is 0 Å². The standard InChI is InChI=1S/C21H28O2/c1-3-10-23-16-5-7-17-14(11-16)4-6-19-18(17)8-9-21(2)13-15(22)12-20(19)21/h3,5,7,11,15,18-20,22H,1,4,6,8-10,12-13H2,2H3/t15-,18+,19-,20-,21-/m0/s1. The number of aryl methyl sites for hydroxylation is 1. The van der Waals surface area contributed by atoms with Crippen molar-refractivity contribution in [3.05, 3.63) is 42.0 Å². The number of hydrogen-bond donors (Lipinski definition) is 1. The minimum Gasteiger partial charge on any atom is -0.490 e. The van der Waals surface area contributed by atoms with E-state index in [0.717, 1.165) is 30.9 Å². The monoisotopic (exact) mass is 312 g/mol. The average Bonchev–Trinajstić information content (AvgIpc) is 2.86. The molecule has 2 nitrogen and oxygen atoms in total. The lowest BCUT2D eigenvalue weighted by Crippen LogP contribution is -2.39. The van der Waals surface area contributed by atoms with E-state index in [1.165, 1.54) is 24.8 Å². The lowest BCUT2D eigenvalue weighted by Gasteiger charge is -2.49. The number of rotatable bonds is 3. The highest BCUT2D eigenvalue weighted by atomic mass is 16.5. The highest BCUT2D eigenvalue weighted by molar-refractivity contribution is 5.40. The zero-order valence-corrected chi connectivity index (χ0v) is 14.1. The number of benzene rings is 1. The third kappa shape index (κ3) is 2.52. The molecule has 0 heterocycles. The third-order valence-electron chi connectivity index (χ3n) is 6.81. The van der Waals surface area contributed by atoms with Gasteiger partial charge in [-0.25, -0.2) is 0 Å². The first-order chi connectivity index (χ1) is 11.1. The van der Waals surface area contributed by atoms with Crippen LogP contribution in [0.25, 0.3) is 0 Å². The molecule has 1 aromatic carbocycles. The SMILES string of the molecule is C=CCOc1ccc2c(c1)CC[C@H]1[C@@H]2CC[C@@]2(C)C[C@@H](O)C[C@@H]12. The van der Waals surface area contributed by atoms with Crippen molar-refractivity contribution in [2.24, 2.45) is 17.3 Å². The highest BCUT2D eigenvalue weighted by Crippen LogP contribution is 2.60. The highest BCUT2D eigenvalue weighted by Gasteiger charge is 2.52. The molecule has 23 heavy (non-hydrogen) atoms. The fraction of sp³-hybridized carbons (Fsp3) is 0.619. The first-order valence-corrected chi connectivity index (χ1v) is 9.15. The molecule has 0 saturated heterocycles. The molecule has 0 radical (unpaired) electrons. The van der Waals surface area contributed by atoms with Gasteiger partial charge in [0.05, 0.1) is 6.10 Å². The molecule has 0 aliphatic heterocycles. The summed E-state index contributed by atoms with van der Waals surface area (Å²) in [5.74, 6) is 3.13. The van der Waals surface area contributed by atoms with Crippen LogP contribution in [0.5, 0.6) is 5.75 Å². The van der Waals surface area contributed by atoms with Crippen LogP contribution in [-0.4, -0.2) is 17.8 Å². The number of fused-ring (bicyclic) bond motifs is 5. The molecule has 124 valence electrons. The van der Waals surface area contributed by atoms with Gasteiger partial charge in [-0.2, -0.15) is 0 Å². The summed E-state index contributed by atoms with van der Waals surface area (Å²) in [7, 11) is 0. The maximum Gasteiger partial charge on any atom is 0.120 e. The smallest absolute Gasteiger partial charge is 0.120 e. The van der Waals surface area contributed by atoms with Gasteiger partial charge < -0.3 is 9.84 Å². The summed E-state index contributed by atoms with van der Waals surface area (Å²) in [6.07, 6.45) is 8.74. The largest absolute Gasteiger partial charge is 0.490 e. The maximum absolute atomic E-state index is 10.2. The van der Waals surface area contributed by atoms with Crippen LogP contribution in [0.1, 0.15) is 56.1 Å². The van der Waals surface area contributed by atoms with Gasteiger partial charge in [0, 0.05) is 0 Å². The van der Waals surface area contributed by atoms with Crippen LogP contribution in [0.3, 0.4) is 0 Å². The molecule has 0 aromatic heterocycles. The van der Waals surface area contributed by atoms with Crippen LogP contribution in [0.2, 0.25) is 0 Å². The Hall–Kier alpha value is -1.28. The van der Waals surface area contributed by atoms with Crippen molar-refractivity contribution in [1.82, 2.24) is 0 Å². The Kier molecular flexibility index (Phi) is 3.76. The number of aliphatic hydroxyl groups is 1. The summed E-state index contributed by atoms with van der Waals surface area (Å²) in [6, 6.07) is 6.67. The molecule has 5 atom stereocenters. The molecule has 3 aliphatic rings. The summed E-state index contributed by atoms with van der Waals surface area (Å²) in [4.78, 5) is 0. The summed E-state index contributed by atoms with van der Waals surface area (Å²) in [6.45, 7) is 6.71. The van der Waals surface area contributed by atoms with Gasteiger partial charge in [-0.05, 0) is 85.0 Å². The van der Waals surface area contributed by atoms with Gasteiger partial charge in [-0.15, -0.1) is 0 Å². The molecular formula is C21H28O2. The summed E-state index contributed by atoms with van der Waals surface area (Å²) >= 11 is 0. The molecule has 1 aromatic rings. The second-order valence-electron chi connectivity index (χ2n) is 8.16. The van der Waals surface area contributed by atoms with Gasteiger partial charge in [0.1, 0.15) is 12.4 Å². The molecular weight excluding hydrogens is 284 g/mol. The normalized spacial score (nSPS) is 38.3. The molecule has 1 N–H and O–H groups in total. The Morgan fingerprint density at radius 3 is 3.09 bits per heavy atom. The third-order valence-corrected chi connectivity index (χ3v) is 6.81. The lowest BCUT2D eigenvalue weighted by atomic mass is 9.56. The maximum atomic E-state index is 10.2. The van der Waals surface area contributed by atoms with Gasteiger partial charge >= 0.3 is 0 Å². The van der Waals surface area contributed by atoms with Crippen LogP contribution in [-0.2, 0) is 6.42 Å². The Balaban J connectivity index is 1.60. The molecule has 3 aliphatic carbocycles. The second kappa shape index (κ2) is 5.66. The quantitative estimate of drug-likeness (QED) is 0.835. The Bertz CT molecular complexity index is 608. The molecule has 0 amide bonds. The van der Waals surface area contributed by atoms with E-state index in [1.807, 2.05) is 0 Å². The van der Waals surface area contributed by atoms with Crippen molar-refractivity contribution >= 4 is 0 Å². The molecule has 0 unspecified atom stereocenters. The predicted molar refractivity (Wildman–Crippen MR) is 92.8 cm³/mol. The van der Waals surface area contributed by atoms with E-state index in [0.29, 0.717) is 23.9 Å². The van der Waals surface area contributed by atoms with Crippen LogP contribution in [0.15, 0.2) is 30.9 Å². The fourth-order valence-electron chi connectivity index (χ4n) is 5.83. The van der Waals surface area contributed by atoms with E-state index in [2.05, 4.69) is 31.7 Å². The molecule has 2 saturated carbocycles. The first-order valence-electron chi connectivity index (χ1n) is 9.15. The zero-order valence-electron chi connectivity index (χ0n) is 14.1. The van der Waals surface area contributed by atoms with Crippen molar-refractivity contribution in [2.75, 3.05) is 6.61 Å². The summed E-state index contributed by atoms with van der Waals surface area (Å²) < 4.78 is 5.71. The van der Waals surface area contributed by atoms with E-state index in [4.69, 9.17) is 4.74 Å². The fourth-order valence-corrected chi connectivity index (χ4v) is 5.83. The number of ether oxygens (including phenoxy) is 1. The molecule has 4 rings (SSSR count). The second-order valence-corrected chi connectivity index (χ2v) is 8.16. The first kappa shape index (κ1) is 15.3. The van der Waals surface area contributed by atoms with Crippen molar-refractivity contribution in [3.8, 4) is 5.75 Å². The minimum atomic E-state index is -0.0696. The van der Waals surface area contributed by atoms with E-state index in [9.17, 15) is 5.11 Å². The Labute approximate surface area is 139 Å². The van der Waals surface area contributed by atoms with Crippen LogP contribution < -0.4 is 4.74 Å². The van der Waals surface area contributed by atoms with E-state index in [-0.39, 0.29) is 6.10 Å². The molecule has 2 fully saturated rings. The lowest BCUT2D eigenvalue weighted by molar-refractivity contribution is 0.0595. The number of hydrogen-bond acceptors (Lipinski definition) is 2. The molecule has 0 spiro atoms.